The zero-order valence-electron chi connectivity index (χ0n) is 15.2. The van der Waals surface area contributed by atoms with Crippen LogP contribution in [-0.2, 0) is 0 Å². The van der Waals surface area contributed by atoms with Crippen molar-refractivity contribution in [1.29, 1.82) is 0 Å². The summed E-state index contributed by atoms with van der Waals surface area (Å²) in [6.45, 7) is 0. The van der Waals surface area contributed by atoms with Crippen LogP contribution in [0.5, 0.6) is 0 Å². The van der Waals surface area contributed by atoms with Crippen molar-refractivity contribution in [2.75, 3.05) is 4.90 Å². The van der Waals surface area contributed by atoms with Crippen LogP contribution >= 0.6 is 0 Å². The molecule has 0 N–H and O–H groups in total. The van der Waals surface area contributed by atoms with Crippen molar-refractivity contribution in [1.82, 2.24) is 40.4 Å². The Bertz CT molecular complexity index is 1120. The van der Waals surface area contributed by atoms with Gasteiger partial charge >= 0.3 is 0 Å². The van der Waals surface area contributed by atoms with Crippen molar-refractivity contribution in [3.63, 3.8) is 0 Å². The van der Waals surface area contributed by atoms with Gasteiger partial charge in [0, 0.05) is 0 Å². The summed E-state index contributed by atoms with van der Waals surface area (Å²) in [5.41, 5.74) is 2.41. The van der Waals surface area contributed by atoms with Gasteiger partial charge in [0.15, 0.2) is 0 Å². The quantitative estimate of drug-likeness (QED) is 0.462. The van der Waals surface area contributed by atoms with E-state index in [0.29, 0.717) is 11.9 Å². The molecule has 0 bridgehead atoms. The molecule has 9 nitrogen and oxygen atoms in total. The number of aromatic nitrogens is 8. The molecule has 9 heteroatoms. The van der Waals surface area contributed by atoms with Crippen LogP contribution in [0.15, 0.2) is 91.0 Å². The lowest BCUT2D eigenvalue weighted by Gasteiger charge is -2.15. The number of hydrogen-bond donors (Lipinski definition) is 0. The zero-order chi connectivity index (χ0) is 19.5. The molecule has 0 unspecified atom stereocenters. The standard InChI is InChI=1S/C20H15N9/c1-4-10-16(11-5-1)27(19-21-25-28(23-19)17-12-6-2-7-13-17)20-22-26-29(24-20)18-14-8-3-9-15-18/h1-15H. The van der Waals surface area contributed by atoms with Crippen LogP contribution in [0.4, 0.5) is 17.6 Å². The minimum absolute atomic E-state index is 0.340. The highest BCUT2D eigenvalue weighted by Crippen LogP contribution is 2.28. The van der Waals surface area contributed by atoms with E-state index in [2.05, 4.69) is 30.8 Å². The maximum atomic E-state index is 4.52. The van der Waals surface area contributed by atoms with Crippen LogP contribution in [0.1, 0.15) is 0 Å². The summed E-state index contributed by atoms with van der Waals surface area (Å²) in [5.74, 6) is 0.681. The first-order valence-corrected chi connectivity index (χ1v) is 8.94. The maximum absolute atomic E-state index is 4.52. The van der Waals surface area contributed by atoms with E-state index >= 15 is 0 Å². The third kappa shape index (κ3) is 3.32. The van der Waals surface area contributed by atoms with Gasteiger partial charge in [-0.15, -0.1) is 19.8 Å². The van der Waals surface area contributed by atoms with E-state index in [1.165, 1.54) is 9.59 Å². The normalized spacial score (nSPS) is 10.8. The third-order valence-corrected chi connectivity index (χ3v) is 4.19. The lowest BCUT2D eigenvalue weighted by atomic mass is 10.3. The molecule has 29 heavy (non-hydrogen) atoms. The number of rotatable bonds is 5. The van der Waals surface area contributed by atoms with Crippen LogP contribution in [0.2, 0.25) is 0 Å². The Kier molecular flexibility index (Phi) is 4.22. The molecule has 2 heterocycles. The second-order valence-electron chi connectivity index (χ2n) is 6.10. The number of benzene rings is 3. The lowest BCUT2D eigenvalue weighted by molar-refractivity contribution is 0.719. The lowest BCUT2D eigenvalue weighted by Crippen LogP contribution is -2.14. The number of anilines is 3. The number of hydrogen-bond acceptors (Lipinski definition) is 7. The molecule has 5 rings (SSSR count). The first-order chi connectivity index (χ1) is 14.4. The smallest absolute Gasteiger partial charge is 0.241 e. The first kappa shape index (κ1) is 16.8. The molecular weight excluding hydrogens is 366 g/mol. The van der Waals surface area contributed by atoms with Crippen LogP contribution in [0.25, 0.3) is 11.4 Å². The summed E-state index contributed by atoms with van der Waals surface area (Å²) >= 11 is 0. The fraction of sp³-hybridized carbons (Fsp3) is 0. The molecule has 0 aliphatic rings. The Labute approximate surface area is 165 Å². The summed E-state index contributed by atoms with van der Waals surface area (Å²) in [6, 6.07) is 28.8. The number of para-hydroxylation sites is 3. The predicted octanol–water partition coefficient (Wildman–Crippen LogP) is 3.11. The minimum atomic E-state index is 0.340. The first-order valence-electron chi connectivity index (χ1n) is 8.94. The van der Waals surface area contributed by atoms with Crippen molar-refractivity contribution < 1.29 is 0 Å². The van der Waals surface area contributed by atoms with Gasteiger partial charge in [-0.3, -0.25) is 0 Å². The van der Waals surface area contributed by atoms with Gasteiger partial charge < -0.3 is 0 Å². The molecule has 0 saturated carbocycles. The average molecular weight is 381 g/mol. The van der Waals surface area contributed by atoms with Crippen LogP contribution in [0, 0.1) is 0 Å². The Morgan fingerprint density at radius 3 is 1.38 bits per heavy atom. The Hall–Kier alpha value is -4.40. The highest BCUT2D eigenvalue weighted by molar-refractivity contribution is 5.66. The SMILES string of the molecule is c1ccc(N(c2nnn(-c3ccccc3)n2)c2nnn(-c3ccccc3)n2)cc1. The molecule has 0 atom stereocenters. The van der Waals surface area contributed by atoms with E-state index in [4.69, 9.17) is 0 Å². The fourth-order valence-corrected chi connectivity index (χ4v) is 2.83. The van der Waals surface area contributed by atoms with Crippen LogP contribution in [0.3, 0.4) is 0 Å². The van der Waals surface area contributed by atoms with Crippen molar-refractivity contribution in [2.45, 2.75) is 0 Å². The van der Waals surface area contributed by atoms with E-state index in [0.717, 1.165) is 17.1 Å². The summed E-state index contributed by atoms with van der Waals surface area (Å²) in [5, 5.41) is 25.8. The van der Waals surface area contributed by atoms with Gasteiger partial charge in [-0.05, 0) is 46.8 Å². The third-order valence-electron chi connectivity index (χ3n) is 4.19. The van der Waals surface area contributed by atoms with E-state index in [1.54, 1.807) is 4.90 Å². The van der Waals surface area contributed by atoms with Gasteiger partial charge in [0.2, 0.25) is 0 Å². The van der Waals surface area contributed by atoms with Gasteiger partial charge in [0.05, 0.1) is 17.1 Å². The Morgan fingerprint density at radius 1 is 0.517 bits per heavy atom. The molecule has 0 saturated heterocycles. The van der Waals surface area contributed by atoms with Gasteiger partial charge in [-0.2, -0.15) is 0 Å². The summed E-state index contributed by atoms with van der Waals surface area (Å²) < 4.78 is 0. The van der Waals surface area contributed by atoms with Crippen LogP contribution in [-0.4, -0.2) is 40.4 Å². The van der Waals surface area contributed by atoms with Crippen molar-refractivity contribution in [3.8, 4) is 11.4 Å². The van der Waals surface area contributed by atoms with Gasteiger partial charge in [0.25, 0.3) is 11.9 Å². The zero-order valence-corrected chi connectivity index (χ0v) is 15.2. The van der Waals surface area contributed by atoms with E-state index in [9.17, 15) is 0 Å². The highest BCUT2D eigenvalue weighted by Gasteiger charge is 2.22. The van der Waals surface area contributed by atoms with Crippen molar-refractivity contribution >= 4 is 17.6 Å². The van der Waals surface area contributed by atoms with Gasteiger partial charge in [-0.25, -0.2) is 4.90 Å². The van der Waals surface area contributed by atoms with Crippen molar-refractivity contribution in [2.24, 2.45) is 0 Å². The largest absolute Gasteiger partial charge is 0.277 e. The van der Waals surface area contributed by atoms with Gasteiger partial charge in [-0.1, -0.05) is 64.8 Å². The topological polar surface area (TPSA) is 90.4 Å². The molecule has 5 aromatic rings. The van der Waals surface area contributed by atoms with Crippen LogP contribution < -0.4 is 4.90 Å². The molecule has 0 radical (unpaired) electrons. The summed E-state index contributed by atoms with van der Waals surface area (Å²) in [7, 11) is 0. The molecule has 140 valence electrons. The number of tetrazole rings is 2. The highest BCUT2D eigenvalue weighted by atomic mass is 15.7. The molecule has 0 aliphatic carbocycles. The summed E-state index contributed by atoms with van der Waals surface area (Å²) in [6.07, 6.45) is 0. The van der Waals surface area contributed by atoms with E-state index in [-0.39, 0.29) is 0 Å². The second-order valence-corrected chi connectivity index (χ2v) is 6.10. The van der Waals surface area contributed by atoms with Gasteiger partial charge in [0.1, 0.15) is 0 Å². The minimum Gasteiger partial charge on any atom is -0.241 e. The molecule has 3 aromatic carbocycles. The molecule has 0 spiro atoms. The van der Waals surface area contributed by atoms with Crippen molar-refractivity contribution in [3.05, 3.63) is 91.0 Å². The molecule has 0 amide bonds. The molecule has 0 fully saturated rings. The molecule has 2 aromatic heterocycles. The van der Waals surface area contributed by atoms with E-state index in [1.807, 2.05) is 91.0 Å². The Balaban J connectivity index is 1.57. The number of nitrogens with zero attached hydrogens (tertiary/aromatic N) is 9. The fourth-order valence-electron chi connectivity index (χ4n) is 2.83. The second kappa shape index (κ2) is 7.31. The monoisotopic (exact) mass is 381 g/mol. The van der Waals surface area contributed by atoms with E-state index < -0.39 is 0 Å². The average Bonchev–Trinajstić information content (AvgIpc) is 3.47. The Morgan fingerprint density at radius 2 is 0.931 bits per heavy atom. The molecular formula is C20H15N9. The maximum Gasteiger partial charge on any atom is 0.277 e. The predicted molar refractivity (Wildman–Crippen MR) is 107 cm³/mol. The summed E-state index contributed by atoms with van der Waals surface area (Å²) in [4.78, 5) is 4.64. The molecule has 0 aliphatic heterocycles.